The van der Waals surface area contributed by atoms with E-state index >= 15 is 0 Å². The molecule has 3 aromatic rings. The molecule has 0 spiro atoms. The second-order valence-electron chi connectivity index (χ2n) is 9.29. The number of carbonyl (C=O) groups is 1. The van der Waals surface area contributed by atoms with Crippen molar-refractivity contribution >= 4 is 16.8 Å². The zero-order chi connectivity index (χ0) is 26.2. The molecule has 1 atom stereocenters. The molecule has 0 aliphatic carbocycles. The summed E-state index contributed by atoms with van der Waals surface area (Å²) in [6.07, 6.45) is -2.26. The van der Waals surface area contributed by atoms with Gasteiger partial charge in [0.15, 0.2) is 0 Å². The van der Waals surface area contributed by atoms with Crippen LogP contribution >= 0.6 is 0 Å². The molecule has 2 aromatic carbocycles. The molecule has 0 saturated carbocycles. The highest BCUT2D eigenvalue weighted by Gasteiger charge is 2.65. The van der Waals surface area contributed by atoms with Gasteiger partial charge in [0, 0.05) is 48.4 Å². The van der Waals surface area contributed by atoms with Gasteiger partial charge in [0.1, 0.15) is 5.75 Å². The third-order valence-corrected chi connectivity index (χ3v) is 6.94. The summed E-state index contributed by atoms with van der Waals surface area (Å²) in [6, 6.07) is 12.5. The maximum Gasteiger partial charge on any atom is 0.442 e. The highest BCUT2D eigenvalue weighted by molar-refractivity contribution is 5.94. The lowest BCUT2D eigenvalue weighted by Gasteiger charge is -2.33. The van der Waals surface area contributed by atoms with E-state index in [1.807, 2.05) is 24.3 Å². The molecule has 1 saturated heterocycles. The summed E-state index contributed by atoms with van der Waals surface area (Å²) in [7, 11) is 1.59. The Balaban J connectivity index is 1.15. The van der Waals surface area contributed by atoms with Crippen LogP contribution in [0.4, 0.5) is 13.2 Å². The third-order valence-electron chi connectivity index (χ3n) is 6.94. The van der Waals surface area contributed by atoms with Gasteiger partial charge < -0.3 is 20.1 Å². The van der Waals surface area contributed by atoms with Gasteiger partial charge in [0.05, 0.1) is 18.7 Å². The molecule has 5 rings (SSSR count). The van der Waals surface area contributed by atoms with Crippen LogP contribution in [-0.4, -0.2) is 59.9 Å². The molecule has 2 aliphatic heterocycles. The minimum atomic E-state index is -4.60. The number of rotatable bonds is 7. The number of halogens is 3. The standard InChI is InChI=1S/C26H26F3N5O3/c1-37-19-6-7-22-21(14-19)20(8-11-30-22)23(35)15-34-12-9-18(10-13-34)31-24(36)16-2-4-17(5-3-16)25(32-33-25)26(27,28)29/h2-8,11,14,18,23,35H,9-10,12-13,15H2,1H3,(H,31,36)/t23-/m0/s1. The normalized spacial score (nSPS) is 18.5. The van der Waals surface area contributed by atoms with Gasteiger partial charge in [0.25, 0.3) is 5.91 Å². The van der Waals surface area contributed by atoms with Crippen LogP contribution in [0.3, 0.4) is 0 Å². The number of nitrogens with zero attached hydrogens (tertiary/aromatic N) is 4. The zero-order valence-corrected chi connectivity index (χ0v) is 20.1. The molecule has 37 heavy (non-hydrogen) atoms. The van der Waals surface area contributed by atoms with Gasteiger partial charge in [-0.2, -0.15) is 13.2 Å². The number of nitrogens with one attached hydrogen (secondary N) is 1. The van der Waals surface area contributed by atoms with Crippen LogP contribution < -0.4 is 10.1 Å². The fourth-order valence-electron chi connectivity index (χ4n) is 4.73. The van der Waals surface area contributed by atoms with E-state index in [0.717, 1.165) is 16.5 Å². The molecule has 1 aromatic heterocycles. The molecule has 0 radical (unpaired) electrons. The second kappa shape index (κ2) is 9.71. The van der Waals surface area contributed by atoms with E-state index in [1.54, 1.807) is 13.3 Å². The molecule has 1 amide bonds. The minimum absolute atomic E-state index is 0.0680. The predicted molar refractivity (Wildman–Crippen MR) is 129 cm³/mol. The average molecular weight is 514 g/mol. The van der Waals surface area contributed by atoms with Crippen molar-refractivity contribution in [1.29, 1.82) is 0 Å². The maximum absolute atomic E-state index is 13.2. The van der Waals surface area contributed by atoms with Crippen LogP contribution in [0.15, 0.2) is 65.0 Å². The summed E-state index contributed by atoms with van der Waals surface area (Å²) >= 11 is 0. The first-order valence-corrected chi connectivity index (χ1v) is 12.0. The molecule has 194 valence electrons. The topological polar surface area (TPSA) is 99.4 Å². The number of alkyl halides is 3. The van der Waals surface area contributed by atoms with Crippen LogP contribution in [0.2, 0.25) is 0 Å². The van der Waals surface area contributed by atoms with Gasteiger partial charge in [0.2, 0.25) is 0 Å². The number of hydrogen-bond acceptors (Lipinski definition) is 7. The number of likely N-dealkylation sites (tertiary alicyclic amines) is 1. The molecule has 1 fully saturated rings. The van der Waals surface area contributed by atoms with Crippen molar-refractivity contribution < 1.29 is 27.8 Å². The lowest BCUT2D eigenvalue weighted by Crippen LogP contribution is -2.45. The van der Waals surface area contributed by atoms with E-state index in [1.165, 1.54) is 24.3 Å². The van der Waals surface area contributed by atoms with Gasteiger partial charge in [-0.25, -0.2) is 0 Å². The minimum Gasteiger partial charge on any atom is -0.497 e. The number of amides is 1. The van der Waals surface area contributed by atoms with Crippen molar-refractivity contribution in [3.63, 3.8) is 0 Å². The van der Waals surface area contributed by atoms with Gasteiger partial charge in [-0.1, -0.05) is 12.1 Å². The van der Waals surface area contributed by atoms with Crippen LogP contribution in [-0.2, 0) is 5.66 Å². The lowest BCUT2D eigenvalue weighted by atomic mass is 9.99. The second-order valence-corrected chi connectivity index (χ2v) is 9.29. The molecule has 2 aliphatic rings. The number of aliphatic hydroxyl groups excluding tert-OH is 1. The Bertz CT molecular complexity index is 1320. The summed E-state index contributed by atoms with van der Waals surface area (Å²) in [5.41, 5.74) is -0.764. The zero-order valence-electron chi connectivity index (χ0n) is 20.1. The first-order valence-electron chi connectivity index (χ1n) is 12.0. The third kappa shape index (κ3) is 5.01. The fraction of sp³-hybridized carbons (Fsp3) is 0.385. The highest BCUT2D eigenvalue weighted by Crippen LogP contribution is 2.52. The Labute approximate surface area is 211 Å². The van der Waals surface area contributed by atoms with Crippen LogP contribution in [0.5, 0.6) is 5.75 Å². The number of carbonyl (C=O) groups excluding carboxylic acids is 1. The number of fused-ring (bicyclic) bond motifs is 1. The Morgan fingerprint density at radius 2 is 1.86 bits per heavy atom. The number of β-amino-alcohol motifs (C(OH)–C–C–N with tert-alkyl or cyclic N) is 1. The number of pyridine rings is 1. The SMILES string of the molecule is COc1ccc2nccc([C@@H](O)CN3CCC(NC(=O)c4ccc(C5(C(F)(F)F)N=N5)cc4)CC3)c2c1. The Morgan fingerprint density at radius 1 is 1.16 bits per heavy atom. The van der Waals surface area contributed by atoms with Crippen molar-refractivity contribution in [2.24, 2.45) is 10.2 Å². The lowest BCUT2D eigenvalue weighted by molar-refractivity contribution is -0.166. The Hall–Kier alpha value is -3.57. The van der Waals surface area contributed by atoms with Crippen molar-refractivity contribution in [3.8, 4) is 5.75 Å². The molecular formula is C26H26F3N5O3. The van der Waals surface area contributed by atoms with E-state index in [-0.39, 0.29) is 23.1 Å². The number of ether oxygens (including phenoxy) is 1. The fourth-order valence-corrected chi connectivity index (χ4v) is 4.73. The molecular weight excluding hydrogens is 487 g/mol. The van der Waals surface area contributed by atoms with Crippen LogP contribution in [0, 0.1) is 0 Å². The van der Waals surface area contributed by atoms with E-state index in [4.69, 9.17) is 4.74 Å². The van der Waals surface area contributed by atoms with Crippen molar-refractivity contribution in [1.82, 2.24) is 15.2 Å². The van der Waals surface area contributed by atoms with Gasteiger partial charge in [-0.3, -0.25) is 9.78 Å². The number of hydrogen-bond donors (Lipinski definition) is 2. The van der Waals surface area contributed by atoms with Crippen molar-refractivity contribution in [2.45, 2.75) is 36.8 Å². The van der Waals surface area contributed by atoms with Crippen molar-refractivity contribution in [2.75, 3.05) is 26.7 Å². The van der Waals surface area contributed by atoms with Gasteiger partial charge >= 0.3 is 11.8 Å². The molecule has 0 unspecified atom stereocenters. The number of aliphatic hydroxyl groups is 1. The summed E-state index contributed by atoms with van der Waals surface area (Å²) in [4.78, 5) is 19.2. The number of benzene rings is 2. The summed E-state index contributed by atoms with van der Waals surface area (Å²) in [5, 5.41) is 21.1. The molecule has 11 heteroatoms. The highest BCUT2D eigenvalue weighted by atomic mass is 19.4. The largest absolute Gasteiger partial charge is 0.497 e. The number of aromatic nitrogens is 1. The van der Waals surface area contributed by atoms with E-state index in [9.17, 15) is 23.1 Å². The quantitative estimate of drug-likeness (QED) is 0.489. The van der Waals surface area contributed by atoms with Gasteiger partial charge in [-0.05, 0) is 54.8 Å². The summed E-state index contributed by atoms with van der Waals surface area (Å²) in [5.74, 6) is 0.352. The molecule has 3 heterocycles. The first-order chi connectivity index (χ1) is 17.7. The first kappa shape index (κ1) is 25.1. The molecule has 0 bridgehead atoms. The number of methoxy groups -OCH3 is 1. The Morgan fingerprint density at radius 3 is 2.49 bits per heavy atom. The van der Waals surface area contributed by atoms with Gasteiger partial charge in [-0.15, -0.1) is 10.2 Å². The van der Waals surface area contributed by atoms with Crippen molar-refractivity contribution in [3.05, 3.63) is 71.4 Å². The number of piperidine rings is 1. The monoisotopic (exact) mass is 513 g/mol. The molecule has 2 N–H and O–H groups in total. The predicted octanol–water partition coefficient (Wildman–Crippen LogP) is 4.35. The van der Waals surface area contributed by atoms with E-state index < -0.39 is 17.9 Å². The maximum atomic E-state index is 13.2. The average Bonchev–Trinajstić information content (AvgIpc) is 3.72. The van der Waals surface area contributed by atoms with Crippen LogP contribution in [0.1, 0.15) is 40.4 Å². The summed E-state index contributed by atoms with van der Waals surface area (Å²) < 4.78 is 44.8. The van der Waals surface area contributed by atoms with E-state index in [0.29, 0.717) is 38.2 Å². The van der Waals surface area contributed by atoms with E-state index in [2.05, 4.69) is 25.4 Å². The summed E-state index contributed by atoms with van der Waals surface area (Å²) in [6.45, 7) is 1.81. The molecule has 8 nitrogen and oxygen atoms in total. The smallest absolute Gasteiger partial charge is 0.442 e. The Kier molecular flexibility index (Phi) is 6.59. The van der Waals surface area contributed by atoms with Crippen LogP contribution in [0.25, 0.3) is 10.9 Å².